The Morgan fingerprint density at radius 1 is 1.60 bits per heavy atom. The third kappa shape index (κ3) is 4.22. The SMILES string of the molecule is CC(=CCCNC(C)C)c1occc1Br. The minimum Gasteiger partial charge on any atom is -0.464 e. The third-order valence-corrected chi connectivity index (χ3v) is 2.75. The van der Waals surface area contributed by atoms with Gasteiger partial charge in [0.15, 0.2) is 0 Å². The molecule has 0 aliphatic carbocycles. The summed E-state index contributed by atoms with van der Waals surface area (Å²) < 4.78 is 6.39. The molecular formula is C12H18BrNO. The van der Waals surface area contributed by atoms with Crippen molar-refractivity contribution in [2.24, 2.45) is 0 Å². The Morgan fingerprint density at radius 2 is 2.33 bits per heavy atom. The standard InChI is InChI=1S/C12H18BrNO/c1-9(2)14-7-4-5-10(3)12-11(13)6-8-15-12/h5-6,8-9,14H,4,7H2,1-3H3. The van der Waals surface area contributed by atoms with Gasteiger partial charge >= 0.3 is 0 Å². The average Bonchev–Trinajstić information content (AvgIpc) is 2.58. The Hall–Kier alpha value is -0.540. The molecule has 1 aromatic heterocycles. The molecule has 0 atom stereocenters. The highest BCUT2D eigenvalue weighted by Gasteiger charge is 2.04. The molecule has 0 aliphatic heterocycles. The van der Waals surface area contributed by atoms with Crippen molar-refractivity contribution in [2.75, 3.05) is 6.54 Å². The van der Waals surface area contributed by atoms with Crippen molar-refractivity contribution in [1.29, 1.82) is 0 Å². The van der Waals surface area contributed by atoms with Gasteiger partial charge in [0.05, 0.1) is 10.7 Å². The van der Waals surface area contributed by atoms with Gasteiger partial charge in [-0.05, 0) is 47.5 Å². The number of halogens is 1. The van der Waals surface area contributed by atoms with Crippen LogP contribution in [0, 0.1) is 0 Å². The zero-order valence-corrected chi connectivity index (χ0v) is 11.1. The first kappa shape index (κ1) is 12.5. The maximum absolute atomic E-state index is 5.37. The first-order valence-electron chi connectivity index (χ1n) is 5.24. The summed E-state index contributed by atoms with van der Waals surface area (Å²) in [5.74, 6) is 0.930. The van der Waals surface area contributed by atoms with Gasteiger partial charge < -0.3 is 9.73 Å². The van der Waals surface area contributed by atoms with Crippen LogP contribution in [0.1, 0.15) is 33.0 Å². The maximum atomic E-state index is 5.37. The van der Waals surface area contributed by atoms with E-state index in [2.05, 4.69) is 48.1 Å². The Labute approximate surface area is 99.9 Å². The van der Waals surface area contributed by atoms with E-state index in [1.165, 1.54) is 5.57 Å². The molecule has 0 saturated carbocycles. The van der Waals surface area contributed by atoms with Crippen LogP contribution in [0.15, 0.2) is 27.3 Å². The number of hydrogen-bond donors (Lipinski definition) is 1. The van der Waals surface area contributed by atoms with Gasteiger partial charge in [-0.3, -0.25) is 0 Å². The Morgan fingerprint density at radius 3 is 2.87 bits per heavy atom. The first-order chi connectivity index (χ1) is 7.11. The average molecular weight is 272 g/mol. The second-order valence-electron chi connectivity index (χ2n) is 3.88. The maximum Gasteiger partial charge on any atom is 0.143 e. The second kappa shape index (κ2) is 6.13. The number of hydrogen-bond acceptors (Lipinski definition) is 2. The van der Waals surface area contributed by atoms with Crippen LogP contribution in [0.5, 0.6) is 0 Å². The topological polar surface area (TPSA) is 25.2 Å². The first-order valence-corrected chi connectivity index (χ1v) is 6.04. The summed E-state index contributed by atoms with van der Waals surface area (Å²) in [5, 5.41) is 3.37. The molecule has 0 saturated heterocycles. The molecule has 3 heteroatoms. The smallest absolute Gasteiger partial charge is 0.143 e. The second-order valence-corrected chi connectivity index (χ2v) is 4.74. The van der Waals surface area contributed by atoms with Gasteiger partial charge in [0.2, 0.25) is 0 Å². The van der Waals surface area contributed by atoms with Gasteiger partial charge in [0, 0.05) is 6.04 Å². The molecule has 0 radical (unpaired) electrons. The molecule has 1 heterocycles. The highest BCUT2D eigenvalue weighted by atomic mass is 79.9. The zero-order valence-electron chi connectivity index (χ0n) is 9.51. The van der Waals surface area contributed by atoms with Gasteiger partial charge in [0.1, 0.15) is 5.76 Å². The molecular weight excluding hydrogens is 254 g/mol. The van der Waals surface area contributed by atoms with Crippen molar-refractivity contribution >= 4 is 21.5 Å². The van der Waals surface area contributed by atoms with E-state index < -0.39 is 0 Å². The molecule has 1 N–H and O–H groups in total. The molecule has 1 aromatic rings. The molecule has 2 nitrogen and oxygen atoms in total. The molecule has 1 rings (SSSR count). The summed E-state index contributed by atoms with van der Waals surface area (Å²) >= 11 is 3.45. The summed E-state index contributed by atoms with van der Waals surface area (Å²) in [6, 6.07) is 2.47. The van der Waals surface area contributed by atoms with E-state index in [1.54, 1.807) is 6.26 Å². The van der Waals surface area contributed by atoms with Gasteiger partial charge in [-0.25, -0.2) is 0 Å². The van der Waals surface area contributed by atoms with Crippen molar-refractivity contribution in [3.8, 4) is 0 Å². The lowest BCUT2D eigenvalue weighted by atomic mass is 10.2. The van der Waals surface area contributed by atoms with Crippen LogP contribution >= 0.6 is 15.9 Å². The van der Waals surface area contributed by atoms with E-state index in [0.717, 1.165) is 23.2 Å². The number of allylic oxidation sites excluding steroid dienone is 1. The van der Waals surface area contributed by atoms with E-state index in [9.17, 15) is 0 Å². The predicted octanol–water partition coefficient (Wildman–Crippen LogP) is 3.83. The predicted molar refractivity (Wildman–Crippen MR) is 67.8 cm³/mol. The number of furan rings is 1. The van der Waals surface area contributed by atoms with E-state index in [0.29, 0.717) is 6.04 Å². The third-order valence-electron chi connectivity index (χ3n) is 2.12. The van der Waals surface area contributed by atoms with Crippen LogP contribution in [0.2, 0.25) is 0 Å². The summed E-state index contributed by atoms with van der Waals surface area (Å²) in [5.41, 5.74) is 1.18. The fraction of sp³-hybridized carbons (Fsp3) is 0.500. The summed E-state index contributed by atoms with van der Waals surface area (Å²) in [6.07, 6.45) is 4.92. The molecule has 0 bridgehead atoms. The summed E-state index contributed by atoms with van der Waals surface area (Å²) in [4.78, 5) is 0. The van der Waals surface area contributed by atoms with Crippen LogP contribution in [0.3, 0.4) is 0 Å². The lowest BCUT2D eigenvalue weighted by Crippen LogP contribution is -2.23. The largest absolute Gasteiger partial charge is 0.464 e. The molecule has 0 unspecified atom stereocenters. The van der Waals surface area contributed by atoms with Crippen LogP contribution < -0.4 is 5.32 Å². The lowest BCUT2D eigenvalue weighted by Gasteiger charge is -2.05. The number of nitrogens with one attached hydrogen (secondary N) is 1. The highest BCUT2D eigenvalue weighted by molar-refractivity contribution is 9.10. The molecule has 0 fully saturated rings. The fourth-order valence-electron chi connectivity index (χ4n) is 1.33. The molecule has 0 amide bonds. The van der Waals surface area contributed by atoms with Crippen LogP contribution in [0.4, 0.5) is 0 Å². The molecule has 0 spiro atoms. The minimum absolute atomic E-state index is 0.550. The van der Waals surface area contributed by atoms with E-state index >= 15 is 0 Å². The number of rotatable bonds is 5. The van der Waals surface area contributed by atoms with Crippen LogP contribution in [-0.2, 0) is 0 Å². The van der Waals surface area contributed by atoms with Crippen LogP contribution in [0.25, 0.3) is 5.57 Å². The normalized spacial score (nSPS) is 12.5. The molecule has 0 aromatic carbocycles. The Bertz CT molecular complexity index is 328. The minimum atomic E-state index is 0.550. The van der Waals surface area contributed by atoms with Crippen molar-refractivity contribution in [2.45, 2.75) is 33.2 Å². The van der Waals surface area contributed by atoms with Gasteiger partial charge in [-0.2, -0.15) is 0 Å². The van der Waals surface area contributed by atoms with Crippen molar-refractivity contribution in [3.05, 3.63) is 28.6 Å². The quantitative estimate of drug-likeness (QED) is 0.824. The van der Waals surface area contributed by atoms with Crippen molar-refractivity contribution in [1.82, 2.24) is 5.32 Å². The Balaban J connectivity index is 2.43. The Kier molecular flexibility index (Phi) is 5.12. The monoisotopic (exact) mass is 271 g/mol. The summed E-state index contributed by atoms with van der Waals surface area (Å²) in [7, 11) is 0. The molecule has 0 aliphatic rings. The lowest BCUT2D eigenvalue weighted by molar-refractivity contribution is 0.550. The van der Waals surface area contributed by atoms with Crippen molar-refractivity contribution in [3.63, 3.8) is 0 Å². The zero-order chi connectivity index (χ0) is 11.3. The van der Waals surface area contributed by atoms with E-state index in [1.807, 2.05) is 6.07 Å². The van der Waals surface area contributed by atoms with E-state index in [-0.39, 0.29) is 0 Å². The van der Waals surface area contributed by atoms with Gasteiger partial charge in [0.25, 0.3) is 0 Å². The van der Waals surface area contributed by atoms with Crippen LogP contribution in [-0.4, -0.2) is 12.6 Å². The van der Waals surface area contributed by atoms with E-state index in [4.69, 9.17) is 4.42 Å². The molecule has 84 valence electrons. The highest BCUT2D eigenvalue weighted by Crippen LogP contribution is 2.25. The van der Waals surface area contributed by atoms with Gasteiger partial charge in [-0.15, -0.1) is 0 Å². The fourth-order valence-corrected chi connectivity index (χ4v) is 1.84. The van der Waals surface area contributed by atoms with Gasteiger partial charge in [-0.1, -0.05) is 19.9 Å². The molecule has 15 heavy (non-hydrogen) atoms. The van der Waals surface area contributed by atoms with Crippen molar-refractivity contribution < 1.29 is 4.42 Å². The summed E-state index contributed by atoms with van der Waals surface area (Å²) in [6.45, 7) is 7.38.